The predicted molar refractivity (Wildman–Crippen MR) is 68.8 cm³/mol. The highest BCUT2D eigenvalue weighted by molar-refractivity contribution is 6.02. The molecule has 3 amide bonds. The molecule has 1 saturated carbocycles. The lowest BCUT2D eigenvalue weighted by molar-refractivity contribution is -0.148. The first-order valence-corrected chi connectivity index (χ1v) is 6.91. The fourth-order valence-electron chi connectivity index (χ4n) is 3.06. The third kappa shape index (κ3) is 3.53. The van der Waals surface area contributed by atoms with Crippen molar-refractivity contribution >= 4 is 17.7 Å². The molecule has 0 aromatic heterocycles. The van der Waals surface area contributed by atoms with Crippen molar-refractivity contribution in [2.45, 2.75) is 32.1 Å². The summed E-state index contributed by atoms with van der Waals surface area (Å²) in [6.45, 7) is 0.654. The topological polar surface area (TPSA) is 92.5 Å². The molecule has 1 saturated heterocycles. The van der Waals surface area contributed by atoms with Crippen molar-refractivity contribution < 1.29 is 14.4 Å². The number of amides is 3. The van der Waals surface area contributed by atoms with Crippen LogP contribution in [0.5, 0.6) is 0 Å². The van der Waals surface area contributed by atoms with Crippen LogP contribution in [0.1, 0.15) is 32.1 Å². The lowest BCUT2D eigenvalue weighted by Crippen LogP contribution is -2.54. The van der Waals surface area contributed by atoms with Crippen molar-refractivity contribution in [1.82, 2.24) is 10.2 Å². The van der Waals surface area contributed by atoms with Crippen molar-refractivity contribution in [3.8, 4) is 0 Å². The van der Waals surface area contributed by atoms with Gasteiger partial charge in [-0.2, -0.15) is 0 Å². The van der Waals surface area contributed by atoms with Crippen LogP contribution in [0.15, 0.2) is 0 Å². The number of nitrogens with two attached hydrogens (primary N) is 1. The molecule has 0 bridgehead atoms. The number of carbonyl (C=O) groups is 3. The molecule has 1 aliphatic heterocycles. The standard InChI is InChI=1S/C13H21N3O3/c14-5-4-9-2-1-3-10(6-9)13(19)16-7-11(17)15-12(18)8-16/h9-10H,1-8,14H2,(H,15,17,18). The lowest BCUT2D eigenvalue weighted by atomic mass is 9.79. The number of nitrogens with zero attached hydrogens (tertiary/aromatic N) is 1. The quantitative estimate of drug-likeness (QED) is 0.682. The minimum atomic E-state index is -0.390. The normalized spacial score (nSPS) is 28.2. The van der Waals surface area contributed by atoms with Gasteiger partial charge < -0.3 is 10.6 Å². The van der Waals surface area contributed by atoms with Crippen LogP contribution in [0.2, 0.25) is 0 Å². The van der Waals surface area contributed by atoms with Gasteiger partial charge >= 0.3 is 0 Å². The molecule has 6 heteroatoms. The summed E-state index contributed by atoms with van der Waals surface area (Å²) in [4.78, 5) is 36.3. The predicted octanol–water partition coefficient (Wildman–Crippen LogP) is -0.373. The molecule has 0 aromatic carbocycles. The fraction of sp³-hybridized carbons (Fsp3) is 0.769. The third-order valence-corrected chi connectivity index (χ3v) is 3.97. The zero-order valence-corrected chi connectivity index (χ0v) is 11.1. The Morgan fingerprint density at radius 1 is 1.26 bits per heavy atom. The van der Waals surface area contributed by atoms with Gasteiger partial charge in [-0.3, -0.25) is 19.7 Å². The van der Waals surface area contributed by atoms with E-state index in [0.29, 0.717) is 12.5 Å². The van der Waals surface area contributed by atoms with E-state index in [2.05, 4.69) is 5.32 Å². The number of carbonyl (C=O) groups excluding carboxylic acids is 3. The number of hydrogen-bond acceptors (Lipinski definition) is 4. The number of imide groups is 1. The maximum Gasteiger partial charge on any atom is 0.246 e. The van der Waals surface area contributed by atoms with E-state index in [4.69, 9.17) is 5.73 Å². The molecule has 6 nitrogen and oxygen atoms in total. The number of hydrogen-bond donors (Lipinski definition) is 2. The fourth-order valence-corrected chi connectivity index (χ4v) is 3.06. The SMILES string of the molecule is NCCC1CCCC(C(=O)N2CC(=O)NC(=O)C2)C1. The molecule has 0 spiro atoms. The van der Waals surface area contributed by atoms with Crippen LogP contribution in [0.4, 0.5) is 0 Å². The summed E-state index contributed by atoms with van der Waals surface area (Å²) in [6, 6.07) is 0. The van der Waals surface area contributed by atoms with Gasteiger partial charge in [0.25, 0.3) is 0 Å². The van der Waals surface area contributed by atoms with Crippen LogP contribution in [-0.2, 0) is 14.4 Å². The molecule has 19 heavy (non-hydrogen) atoms. The van der Waals surface area contributed by atoms with Crippen LogP contribution < -0.4 is 11.1 Å². The van der Waals surface area contributed by atoms with E-state index in [-0.39, 0.29) is 36.7 Å². The molecule has 2 rings (SSSR count). The Morgan fingerprint density at radius 3 is 2.58 bits per heavy atom. The minimum Gasteiger partial charge on any atom is -0.330 e. The molecular weight excluding hydrogens is 246 g/mol. The van der Waals surface area contributed by atoms with Crippen molar-refractivity contribution in [1.29, 1.82) is 0 Å². The Balaban J connectivity index is 1.94. The van der Waals surface area contributed by atoms with Crippen LogP contribution >= 0.6 is 0 Å². The number of rotatable bonds is 3. The third-order valence-electron chi connectivity index (χ3n) is 3.97. The Morgan fingerprint density at radius 2 is 1.95 bits per heavy atom. The van der Waals surface area contributed by atoms with E-state index >= 15 is 0 Å². The van der Waals surface area contributed by atoms with Gasteiger partial charge in [-0.15, -0.1) is 0 Å². The van der Waals surface area contributed by atoms with Crippen molar-refractivity contribution in [2.24, 2.45) is 17.6 Å². The summed E-state index contributed by atoms with van der Waals surface area (Å²) >= 11 is 0. The molecule has 1 aliphatic carbocycles. The van der Waals surface area contributed by atoms with Crippen LogP contribution in [-0.4, -0.2) is 42.3 Å². The first-order valence-electron chi connectivity index (χ1n) is 6.91. The van der Waals surface area contributed by atoms with Crippen molar-refractivity contribution in [3.63, 3.8) is 0 Å². The summed E-state index contributed by atoms with van der Waals surface area (Å²) < 4.78 is 0. The van der Waals surface area contributed by atoms with Crippen LogP contribution in [0.3, 0.4) is 0 Å². The second-order valence-electron chi connectivity index (χ2n) is 5.47. The van der Waals surface area contributed by atoms with E-state index in [1.54, 1.807) is 0 Å². The second kappa shape index (κ2) is 6.14. The highest BCUT2D eigenvalue weighted by Crippen LogP contribution is 2.32. The van der Waals surface area contributed by atoms with E-state index in [1.165, 1.54) is 4.90 Å². The van der Waals surface area contributed by atoms with Crippen molar-refractivity contribution in [2.75, 3.05) is 19.6 Å². The highest BCUT2D eigenvalue weighted by atomic mass is 16.2. The lowest BCUT2D eigenvalue weighted by Gasteiger charge is -2.33. The maximum absolute atomic E-state index is 12.4. The van der Waals surface area contributed by atoms with Gasteiger partial charge in [0.2, 0.25) is 17.7 Å². The summed E-state index contributed by atoms with van der Waals surface area (Å²) in [7, 11) is 0. The summed E-state index contributed by atoms with van der Waals surface area (Å²) in [5.74, 6) is -0.381. The highest BCUT2D eigenvalue weighted by Gasteiger charge is 2.33. The van der Waals surface area contributed by atoms with Gasteiger partial charge in [0.15, 0.2) is 0 Å². The summed E-state index contributed by atoms with van der Waals surface area (Å²) in [5.41, 5.74) is 5.57. The zero-order valence-electron chi connectivity index (χ0n) is 11.1. The van der Waals surface area contributed by atoms with E-state index < -0.39 is 0 Å². The Hall–Kier alpha value is -1.43. The summed E-state index contributed by atoms with van der Waals surface area (Å²) in [5, 5.41) is 2.21. The smallest absolute Gasteiger partial charge is 0.246 e. The Bertz CT molecular complexity index is 365. The molecule has 2 unspecified atom stereocenters. The van der Waals surface area contributed by atoms with Gasteiger partial charge in [0.1, 0.15) is 13.1 Å². The first kappa shape index (κ1) is 14.0. The van der Waals surface area contributed by atoms with Gasteiger partial charge in [0, 0.05) is 5.92 Å². The summed E-state index contributed by atoms with van der Waals surface area (Å²) in [6.07, 6.45) is 4.78. The second-order valence-corrected chi connectivity index (χ2v) is 5.47. The van der Waals surface area contributed by atoms with Gasteiger partial charge in [-0.1, -0.05) is 12.8 Å². The zero-order chi connectivity index (χ0) is 13.8. The van der Waals surface area contributed by atoms with E-state index in [1.807, 2.05) is 0 Å². The molecular formula is C13H21N3O3. The van der Waals surface area contributed by atoms with Crippen LogP contribution in [0.25, 0.3) is 0 Å². The molecule has 2 aliphatic rings. The number of piperazine rings is 1. The average molecular weight is 267 g/mol. The molecule has 1 heterocycles. The molecule has 106 valence electrons. The van der Waals surface area contributed by atoms with Crippen LogP contribution in [0, 0.1) is 11.8 Å². The molecule has 2 fully saturated rings. The first-order chi connectivity index (χ1) is 9.10. The largest absolute Gasteiger partial charge is 0.330 e. The Kier molecular flexibility index (Phi) is 4.52. The van der Waals surface area contributed by atoms with Gasteiger partial charge in [-0.25, -0.2) is 0 Å². The average Bonchev–Trinajstić information content (AvgIpc) is 2.37. The molecule has 2 atom stereocenters. The molecule has 0 aromatic rings. The Labute approximate surface area is 112 Å². The number of nitrogens with one attached hydrogen (secondary N) is 1. The monoisotopic (exact) mass is 267 g/mol. The maximum atomic E-state index is 12.4. The van der Waals surface area contributed by atoms with Gasteiger partial charge in [-0.05, 0) is 31.7 Å². The van der Waals surface area contributed by atoms with Crippen molar-refractivity contribution in [3.05, 3.63) is 0 Å². The molecule has 3 N–H and O–H groups in total. The van der Waals surface area contributed by atoms with E-state index in [9.17, 15) is 14.4 Å². The molecule has 0 radical (unpaired) electrons. The van der Waals surface area contributed by atoms with E-state index in [0.717, 1.165) is 32.1 Å². The minimum absolute atomic E-state index is 0.00261. The van der Waals surface area contributed by atoms with Gasteiger partial charge in [0.05, 0.1) is 0 Å².